The van der Waals surface area contributed by atoms with Crippen LogP contribution in [-0.4, -0.2) is 45.1 Å². The highest BCUT2D eigenvalue weighted by atomic mass is 32.2. The molecule has 0 aliphatic heterocycles. The van der Waals surface area contributed by atoms with Gasteiger partial charge in [0.15, 0.2) is 0 Å². The molecular formula is C13H21FN2O3S. The Labute approximate surface area is 119 Å². The van der Waals surface area contributed by atoms with Crippen LogP contribution in [0, 0.1) is 12.7 Å². The second-order valence-electron chi connectivity index (χ2n) is 5.04. The molecule has 1 aromatic rings. The zero-order valence-corrected chi connectivity index (χ0v) is 13.0. The van der Waals surface area contributed by atoms with Crippen molar-refractivity contribution < 1.29 is 17.9 Å². The van der Waals surface area contributed by atoms with Crippen molar-refractivity contribution in [2.45, 2.75) is 31.4 Å². The highest BCUT2D eigenvalue weighted by Gasteiger charge is 2.19. The molecule has 0 amide bonds. The van der Waals surface area contributed by atoms with Gasteiger partial charge in [-0.3, -0.25) is 0 Å². The summed E-state index contributed by atoms with van der Waals surface area (Å²) < 4.78 is 40.4. The average Bonchev–Trinajstić information content (AvgIpc) is 2.38. The van der Waals surface area contributed by atoms with E-state index in [2.05, 4.69) is 4.72 Å². The molecule has 0 fully saturated rings. The Kier molecular flexibility index (Phi) is 5.64. The summed E-state index contributed by atoms with van der Waals surface area (Å²) in [5.74, 6) is -0.576. The summed E-state index contributed by atoms with van der Waals surface area (Å²) in [5, 5.41) is 9.06. The minimum absolute atomic E-state index is 0.0222. The number of likely N-dealkylation sites (N-methyl/N-ethyl adjacent to an activating group) is 1. The molecule has 1 atom stereocenters. The van der Waals surface area contributed by atoms with Gasteiger partial charge in [0.25, 0.3) is 0 Å². The number of rotatable bonds is 6. The molecule has 0 heterocycles. The van der Waals surface area contributed by atoms with Crippen LogP contribution in [0.3, 0.4) is 0 Å². The first kappa shape index (κ1) is 17.0. The Morgan fingerprint density at radius 3 is 2.50 bits per heavy atom. The fraction of sp³-hybridized carbons (Fsp3) is 0.538. The molecule has 1 rings (SSSR count). The first-order valence-corrected chi connectivity index (χ1v) is 7.73. The Morgan fingerprint density at radius 2 is 2.00 bits per heavy atom. The van der Waals surface area contributed by atoms with Gasteiger partial charge >= 0.3 is 0 Å². The lowest BCUT2D eigenvalue weighted by Crippen LogP contribution is -2.38. The Balaban J connectivity index is 3.01. The molecule has 0 spiro atoms. The number of nitrogens with zero attached hydrogens (tertiary/aromatic N) is 1. The quantitative estimate of drug-likeness (QED) is 0.818. The van der Waals surface area contributed by atoms with Crippen LogP contribution < -0.4 is 4.72 Å². The van der Waals surface area contributed by atoms with E-state index >= 15 is 0 Å². The van der Waals surface area contributed by atoms with Crippen molar-refractivity contribution in [3.63, 3.8) is 0 Å². The molecule has 1 unspecified atom stereocenters. The molecular weight excluding hydrogens is 283 g/mol. The average molecular weight is 304 g/mol. The number of aryl methyl sites for hydroxylation is 1. The van der Waals surface area contributed by atoms with Gasteiger partial charge in [-0.2, -0.15) is 0 Å². The molecule has 1 aromatic carbocycles. The molecule has 7 heteroatoms. The van der Waals surface area contributed by atoms with Gasteiger partial charge in [-0.1, -0.05) is 0 Å². The summed E-state index contributed by atoms with van der Waals surface area (Å²) in [6.07, 6.45) is 0. The lowest BCUT2D eigenvalue weighted by Gasteiger charge is -2.20. The van der Waals surface area contributed by atoms with Crippen molar-refractivity contribution in [3.05, 3.63) is 29.1 Å². The number of benzene rings is 1. The molecule has 5 nitrogen and oxygen atoms in total. The van der Waals surface area contributed by atoms with Crippen LogP contribution in [0.5, 0.6) is 0 Å². The summed E-state index contributed by atoms with van der Waals surface area (Å²) in [6.45, 7) is 3.07. The maximum absolute atomic E-state index is 13.6. The number of hydrogen-bond acceptors (Lipinski definition) is 4. The zero-order chi connectivity index (χ0) is 15.5. The first-order chi connectivity index (χ1) is 9.19. The van der Waals surface area contributed by atoms with Crippen LogP contribution in [0.2, 0.25) is 0 Å². The Hall–Kier alpha value is -1.02. The Bertz CT molecular complexity index is 573. The second kappa shape index (κ2) is 6.62. The number of hydrogen-bond donors (Lipinski definition) is 2. The summed E-state index contributed by atoms with van der Waals surface area (Å²) in [6, 6.07) is 2.45. The summed E-state index contributed by atoms with van der Waals surface area (Å²) in [7, 11) is -0.0110. The summed E-state index contributed by atoms with van der Waals surface area (Å²) in [5.41, 5.74) is 0.170. The third-order valence-corrected chi connectivity index (χ3v) is 4.64. The van der Waals surface area contributed by atoms with E-state index in [-0.39, 0.29) is 28.6 Å². The predicted molar refractivity (Wildman–Crippen MR) is 75.4 cm³/mol. The summed E-state index contributed by atoms with van der Waals surface area (Å²) in [4.78, 5) is 1.85. The minimum Gasteiger partial charge on any atom is -0.392 e. The number of sulfonamides is 1. The molecule has 0 aliphatic rings. The van der Waals surface area contributed by atoms with Crippen LogP contribution in [0.25, 0.3) is 0 Å². The van der Waals surface area contributed by atoms with Crippen molar-refractivity contribution in [2.75, 3.05) is 20.6 Å². The molecule has 2 N–H and O–H groups in total. The van der Waals surface area contributed by atoms with E-state index in [1.165, 1.54) is 13.0 Å². The molecule has 0 aromatic heterocycles. The topological polar surface area (TPSA) is 69.6 Å². The molecule has 0 bridgehead atoms. The third-order valence-electron chi connectivity index (χ3n) is 3.23. The number of nitrogens with one attached hydrogen (secondary N) is 1. The van der Waals surface area contributed by atoms with Crippen LogP contribution in [-0.2, 0) is 16.6 Å². The molecule has 20 heavy (non-hydrogen) atoms. The lowest BCUT2D eigenvalue weighted by atomic mass is 10.1. The van der Waals surface area contributed by atoms with Crippen molar-refractivity contribution in [1.29, 1.82) is 0 Å². The summed E-state index contributed by atoms with van der Waals surface area (Å²) >= 11 is 0. The molecule has 0 radical (unpaired) electrons. The fourth-order valence-electron chi connectivity index (χ4n) is 1.57. The van der Waals surface area contributed by atoms with E-state index in [1.807, 2.05) is 25.9 Å². The van der Waals surface area contributed by atoms with Crippen molar-refractivity contribution in [3.8, 4) is 0 Å². The minimum atomic E-state index is -3.72. The fourth-order valence-corrected chi connectivity index (χ4v) is 2.83. The van der Waals surface area contributed by atoms with Gasteiger partial charge in [-0.15, -0.1) is 0 Å². The van der Waals surface area contributed by atoms with Gasteiger partial charge in [0.2, 0.25) is 10.0 Å². The highest BCUT2D eigenvalue weighted by molar-refractivity contribution is 7.89. The van der Waals surface area contributed by atoms with E-state index in [4.69, 9.17) is 5.11 Å². The van der Waals surface area contributed by atoms with Crippen LogP contribution in [0.4, 0.5) is 4.39 Å². The molecule has 0 aliphatic carbocycles. The van der Waals surface area contributed by atoms with Crippen molar-refractivity contribution >= 4 is 10.0 Å². The predicted octanol–water partition coefficient (Wildman–Crippen LogP) is 0.855. The van der Waals surface area contributed by atoms with Crippen LogP contribution in [0.1, 0.15) is 18.1 Å². The van der Waals surface area contributed by atoms with E-state index in [0.29, 0.717) is 0 Å². The first-order valence-electron chi connectivity index (χ1n) is 6.25. The van der Waals surface area contributed by atoms with E-state index in [9.17, 15) is 12.8 Å². The van der Waals surface area contributed by atoms with E-state index in [1.54, 1.807) is 0 Å². The maximum Gasteiger partial charge on any atom is 0.240 e. The maximum atomic E-state index is 13.6. The standard InChI is InChI=1S/C13H21FN2O3S/c1-9-5-12(6-11(8-17)13(9)14)20(18,19)15-7-10(2)16(3)4/h5-6,10,15,17H,7-8H2,1-4H3. The Morgan fingerprint density at radius 1 is 1.40 bits per heavy atom. The van der Waals surface area contributed by atoms with Gasteiger partial charge < -0.3 is 10.0 Å². The largest absolute Gasteiger partial charge is 0.392 e. The molecule has 114 valence electrons. The smallest absolute Gasteiger partial charge is 0.240 e. The van der Waals surface area contributed by atoms with Crippen LogP contribution >= 0.6 is 0 Å². The highest BCUT2D eigenvalue weighted by Crippen LogP contribution is 2.19. The van der Waals surface area contributed by atoms with Gasteiger partial charge in [0, 0.05) is 18.2 Å². The van der Waals surface area contributed by atoms with Gasteiger partial charge in [0.05, 0.1) is 11.5 Å². The van der Waals surface area contributed by atoms with Crippen molar-refractivity contribution in [2.24, 2.45) is 0 Å². The zero-order valence-electron chi connectivity index (χ0n) is 12.1. The van der Waals surface area contributed by atoms with Gasteiger partial charge in [0.1, 0.15) is 5.82 Å². The number of halogens is 1. The monoisotopic (exact) mass is 304 g/mol. The number of aliphatic hydroxyl groups excluding tert-OH is 1. The van der Waals surface area contributed by atoms with E-state index in [0.717, 1.165) is 6.07 Å². The SMILES string of the molecule is Cc1cc(S(=O)(=O)NCC(C)N(C)C)cc(CO)c1F. The third kappa shape index (κ3) is 3.99. The van der Waals surface area contributed by atoms with Gasteiger partial charge in [-0.05, 0) is 45.6 Å². The van der Waals surface area contributed by atoms with Crippen molar-refractivity contribution in [1.82, 2.24) is 9.62 Å². The van der Waals surface area contributed by atoms with Gasteiger partial charge in [-0.25, -0.2) is 17.5 Å². The second-order valence-corrected chi connectivity index (χ2v) is 6.80. The normalized spacial score (nSPS) is 13.8. The number of aliphatic hydroxyl groups is 1. The molecule has 0 saturated carbocycles. The van der Waals surface area contributed by atoms with Crippen LogP contribution in [0.15, 0.2) is 17.0 Å². The van der Waals surface area contributed by atoms with E-state index < -0.39 is 22.4 Å². The molecule has 0 saturated heterocycles. The lowest BCUT2D eigenvalue weighted by molar-refractivity contribution is 0.275.